The molecule has 0 bridgehead atoms. The molecule has 38 valence electrons. The Hall–Kier alpha value is 0.630. The summed E-state index contributed by atoms with van der Waals surface area (Å²) in [7, 11) is 0. The Morgan fingerprint density at radius 1 is 1.57 bits per heavy atom. The Bertz CT molecular complexity index is 45.0. The van der Waals surface area contributed by atoms with Crippen LogP contribution in [0.1, 0.15) is 20.3 Å². The van der Waals surface area contributed by atoms with Crippen LogP contribution in [0.25, 0.3) is 0 Å². The van der Waals surface area contributed by atoms with Crippen molar-refractivity contribution in [2.45, 2.75) is 20.3 Å². The van der Waals surface area contributed by atoms with Crippen LogP contribution in [0.3, 0.4) is 0 Å². The molecule has 7 heavy (non-hydrogen) atoms. The Morgan fingerprint density at radius 3 is 1.71 bits per heavy atom. The maximum absolute atomic E-state index is 9.81. The van der Waals surface area contributed by atoms with Crippen molar-refractivity contribution in [3.8, 4) is 0 Å². The Kier molecular flexibility index (Phi) is 21.9. The number of carbonyl (C=O) groups is 1. The van der Waals surface area contributed by atoms with Crippen LogP contribution in [-0.2, 0) is 4.79 Å². The quantitative estimate of drug-likeness (QED) is 0.362. The van der Waals surface area contributed by atoms with Crippen molar-refractivity contribution in [1.82, 2.24) is 0 Å². The van der Waals surface area contributed by atoms with Gasteiger partial charge in [-0.25, -0.2) is 0 Å². The van der Waals surface area contributed by atoms with Gasteiger partial charge in [-0.15, -0.1) is 0 Å². The van der Waals surface area contributed by atoms with E-state index in [-0.39, 0.29) is 40.8 Å². The molecule has 0 fully saturated rings. The van der Waals surface area contributed by atoms with Gasteiger partial charge < -0.3 is 10.3 Å². The van der Waals surface area contributed by atoms with Gasteiger partial charge in [0.15, 0.2) is 0 Å². The van der Waals surface area contributed by atoms with Gasteiger partial charge in [-0.3, -0.25) is 0 Å². The van der Waals surface area contributed by atoms with Gasteiger partial charge in [0.1, 0.15) is 5.78 Å². The molecule has 0 aromatic heterocycles. The Morgan fingerprint density at radius 2 is 1.71 bits per heavy atom. The standard InChI is InChI=1S/C4H8O.Na.H2O/c1-3-4(2)5;;/h3H2,1-2H3;;1H2/q;+1;/p-1. The van der Waals surface area contributed by atoms with E-state index < -0.39 is 0 Å². The maximum atomic E-state index is 9.81. The average molecular weight is 112 g/mol. The SMILES string of the molecule is CCC(C)=O.[Na+].[OH-]. The summed E-state index contributed by atoms with van der Waals surface area (Å²) in [5.74, 6) is 0.255. The minimum absolute atomic E-state index is 0. The van der Waals surface area contributed by atoms with Gasteiger partial charge in [-0.1, -0.05) is 6.92 Å². The zero-order valence-electron chi connectivity index (χ0n) is 5.06. The van der Waals surface area contributed by atoms with Crippen LogP contribution in [-0.4, -0.2) is 11.3 Å². The fourth-order valence-corrected chi connectivity index (χ4v) is 0. The van der Waals surface area contributed by atoms with E-state index in [9.17, 15) is 4.79 Å². The molecule has 0 aliphatic rings. The number of ketones is 1. The van der Waals surface area contributed by atoms with Gasteiger partial charge in [0, 0.05) is 6.42 Å². The van der Waals surface area contributed by atoms with Gasteiger partial charge in [0.2, 0.25) is 0 Å². The monoisotopic (exact) mass is 112 g/mol. The normalized spacial score (nSPS) is 5.43. The number of carbonyl (C=O) groups excluding carboxylic acids is 1. The second-order valence-electron chi connectivity index (χ2n) is 1.06. The third kappa shape index (κ3) is 20.5. The van der Waals surface area contributed by atoms with Crippen molar-refractivity contribution >= 4 is 5.78 Å². The number of rotatable bonds is 1. The van der Waals surface area contributed by atoms with E-state index in [1.807, 2.05) is 6.92 Å². The second-order valence-corrected chi connectivity index (χ2v) is 1.06. The third-order valence-corrected chi connectivity index (χ3v) is 0.498. The molecule has 0 heterocycles. The molecule has 3 heteroatoms. The predicted molar refractivity (Wildman–Crippen MR) is 22.9 cm³/mol. The number of hydrogen-bond acceptors (Lipinski definition) is 2. The molecular weight excluding hydrogens is 103 g/mol. The first-order valence-corrected chi connectivity index (χ1v) is 1.76. The van der Waals surface area contributed by atoms with Gasteiger partial charge in [-0.05, 0) is 6.92 Å². The van der Waals surface area contributed by atoms with Crippen molar-refractivity contribution in [3.63, 3.8) is 0 Å². The predicted octanol–water partition coefficient (Wildman–Crippen LogP) is -2.19. The van der Waals surface area contributed by atoms with Crippen LogP contribution in [0.2, 0.25) is 0 Å². The van der Waals surface area contributed by atoms with E-state index in [1.165, 1.54) is 0 Å². The summed E-state index contributed by atoms with van der Waals surface area (Å²) < 4.78 is 0. The van der Waals surface area contributed by atoms with Crippen LogP contribution in [0.4, 0.5) is 0 Å². The fourth-order valence-electron chi connectivity index (χ4n) is 0. The first kappa shape index (κ1) is 15.6. The van der Waals surface area contributed by atoms with Crippen molar-refractivity contribution in [1.29, 1.82) is 0 Å². The second kappa shape index (κ2) is 9.80. The maximum Gasteiger partial charge on any atom is 1.00 e. The molecule has 0 amide bonds. The first-order chi connectivity index (χ1) is 2.27. The number of Topliss-reactive ketones (excluding diaryl/α,β-unsaturated/α-hetero) is 1. The van der Waals surface area contributed by atoms with Crippen molar-refractivity contribution in [3.05, 3.63) is 0 Å². The molecule has 0 spiro atoms. The third-order valence-electron chi connectivity index (χ3n) is 0.498. The Labute approximate surface area is 65.9 Å². The van der Waals surface area contributed by atoms with Crippen molar-refractivity contribution < 1.29 is 39.8 Å². The zero-order valence-corrected chi connectivity index (χ0v) is 7.06. The van der Waals surface area contributed by atoms with Crippen LogP contribution < -0.4 is 29.6 Å². The van der Waals surface area contributed by atoms with Crippen LogP contribution in [0, 0.1) is 0 Å². The van der Waals surface area contributed by atoms with E-state index in [0.29, 0.717) is 6.42 Å². The summed E-state index contributed by atoms with van der Waals surface area (Å²) in [4.78, 5) is 9.81. The molecule has 0 atom stereocenters. The topological polar surface area (TPSA) is 47.1 Å². The molecule has 0 unspecified atom stereocenters. The molecule has 0 saturated carbocycles. The van der Waals surface area contributed by atoms with Gasteiger partial charge in [0.05, 0.1) is 0 Å². The van der Waals surface area contributed by atoms with Gasteiger partial charge >= 0.3 is 29.6 Å². The molecule has 0 rings (SSSR count). The summed E-state index contributed by atoms with van der Waals surface area (Å²) in [5.41, 5.74) is 0. The smallest absolute Gasteiger partial charge is 0.870 e. The molecule has 0 aromatic carbocycles. The zero-order chi connectivity index (χ0) is 4.28. The van der Waals surface area contributed by atoms with Gasteiger partial charge in [-0.2, -0.15) is 0 Å². The molecule has 0 aliphatic carbocycles. The molecule has 1 N–H and O–H groups in total. The Balaban J connectivity index is -0.0000000800. The summed E-state index contributed by atoms with van der Waals surface area (Å²) in [6.07, 6.45) is 0.667. The van der Waals surface area contributed by atoms with Crippen molar-refractivity contribution in [2.24, 2.45) is 0 Å². The molecule has 0 radical (unpaired) electrons. The molecule has 0 saturated heterocycles. The average Bonchev–Trinajstić information content (AvgIpc) is 1.38. The molecule has 0 aliphatic heterocycles. The largest absolute Gasteiger partial charge is 1.00 e. The van der Waals surface area contributed by atoms with Crippen molar-refractivity contribution in [2.75, 3.05) is 0 Å². The van der Waals surface area contributed by atoms with E-state index in [2.05, 4.69) is 0 Å². The summed E-state index contributed by atoms with van der Waals surface area (Å²) in [6, 6.07) is 0. The van der Waals surface area contributed by atoms with Crippen LogP contribution in [0.5, 0.6) is 0 Å². The molecule has 0 aromatic rings. The summed E-state index contributed by atoms with van der Waals surface area (Å²) in [6.45, 7) is 3.43. The first-order valence-electron chi connectivity index (χ1n) is 1.76. The minimum Gasteiger partial charge on any atom is -0.870 e. The van der Waals surface area contributed by atoms with E-state index in [1.54, 1.807) is 6.92 Å². The molecule has 2 nitrogen and oxygen atoms in total. The van der Waals surface area contributed by atoms with Crippen LogP contribution in [0.15, 0.2) is 0 Å². The molecular formula is C4H9NaO2. The van der Waals surface area contributed by atoms with Gasteiger partial charge in [0.25, 0.3) is 0 Å². The number of hydrogen-bond donors (Lipinski definition) is 0. The van der Waals surface area contributed by atoms with Crippen LogP contribution >= 0.6 is 0 Å². The van der Waals surface area contributed by atoms with E-state index >= 15 is 0 Å². The van der Waals surface area contributed by atoms with E-state index in [0.717, 1.165) is 0 Å². The summed E-state index contributed by atoms with van der Waals surface area (Å²) in [5, 5.41) is 0. The fraction of sp³-hybridized carbons (Fsp3) is 0.750. The summed E-state index contributed by atoms with van der Waals surface area (Å²) >= 11 is 0. The minimum atomic E-state index is 0. The van der Waals surface area contributed by atoms with E-state index in [4.69, 9.17) is 0 Å².